The second-order valence-electron chi connectivity index (χ2n) is 5.06. The molecule has 1 amide bonds. The van der Waals surface area contributed by atoms with Gasteiger partial charge in [0.05, 0.1) is 0 Å². The lowest BCUT2D eigenvalue weighted by Crippen LogP contribution is -2.30. The standard InChI is InChI=1S/C13H25NO2/c1-2-3-4-5-6-12(16)14-11-13(7-8-13)9-10-15/h15H,2-11H2,1H3,(H,14,16). The topological polar surface area (TPSA) is 49.3 Å². The number of unbranched alkanes of at least 4 members (excludes halogenated alkanes) is 3. The highest BCUT2D eigenvalue weighted by molar-refractivity contribution is 5.75. The molecule has 0 aromatic carbocycles. The number of aliphatic hydroxyl groups is 1. The molecule has 0 aliphatic heterocycles. The monoisotopic (exact) mass is 227 g/mol. The maximum absolute atomic E-state index is 11.5. The largest absolute Gasteiger partial charge is 0.396 e. The molecule has 3 nitrogen and oxygen atoms in total. The van der Waals surface area contributed by atoms with Crippen molar-refractivity contribution in [2.75, 3.05) is 13.2 Å². The molecule has 0 spiro atoms. The maximum Gasteiger partial charge on any atom is 0.220 e. The third-order valence-electron chi connectivity index (χ3n) is 3.52. The molecule has 0 aromatic rings. The van der Waals surface area contributed by atoms with E-state index in [0.29, 0.717) is 6.42 Å². The fraction of sp³-hybridized carbons (Fsp3) is 0.923. The van der Waals surface area contributed by atoms with Gasteiger partial charge in [-0.3, -0.25) is 4.79 Å². The Morgan fingerprint density at radius 1 is 1.31 bits per heavy atom. The van der Waals surface area contributed by atoms with Gasteiger partial charge in [0.2, 0.25) is 5.91 Å². The van der Waals surface area contributed by atoms with E-state index in [1.807, 2.05) is 0 Å². The molecule has 0 radical (unpaired) electrons. The van der Waals surface area contributed by atoms with E-state index in [0.717, 1.165) is 38.6 Å². The summed E-state index contributed by atoms with van der Waals surface area (Å²) >= 11 is 0. The Bertz CT molecular complexity index is 212. The van der Waals surface area contributed by atoms with E-state index in [4.69, 9.17) is 5.11 Å². The van der Waals surface area contributed by atoms with E-state index in [-0.39, 0.29) is 17.9 Å². The predicted octanol–water partition coefficient (Wildman–Crippen LogP) is 2.24. The summed E-state index contributed by atoms with van der Waals surface area (Å²) < 4.78 is 0. The Kier molecular flexibility index (Phi) is 5.81. The molecule has 1 saturated carbocycles. The first-order valence-electron chi connectivity index (χ1n) is 6.60. The van der Waals surface area contributed by atoms with Crippen LogP contribution in [0.25, 0.3) is 0 Å². The Morgan fingerprint density at radius 3 is 2.62 bits per heavy atom. The summed E-state index contributed by atoms with van der Waals surface area (Å²) in [6, 6.07) is 0. The first-order valence-corrected chi connectivity index (χ1v) is 6.60. The molecule has 0 aromatic heterocycles. The lowest BCUT2D eigenvalue weighted by molar-refractivity contribution is -0.121. The highest BCUT2D eigenvalue weighted by Crippen LogP contribution is 2.47. The normalized spacial score (nSPS) is 17.1. The Balaban J connectivity index is 2.02. The van der Waals surface area contributed by atoms with E-state index >= 15 is 0 Å². The fourth-order valence-electron chi connectivity index (χ4n) is 2.02. The molecule has 0 atom stereocenters. The van der Waals surface area contributed by atoms with E-state index in [2.05, 4.69) is 12.2 Å². The summed E-state index contributed by atoms with van der Waals surface area (Å²) in [5, 5.41) is 11.9. The molecule has 0 heterocycles. The minimum Gasteiger partial charge on any atom is -0.396 e. The fourth-order valence-corrected chi connectivity index (χ4v) is 2.02. The summed E-state index contributed by atoms with van der Waals surface area (Å²) in [6.07, 6.45) is 8.41. The summed E-state index contributed by atoms with van der Waals surface area (Å²) in [4.78, 5) is 11.5. The molecular weight excluding hydrogens is 202 g/mol. The van der Waals surface area contributed by atoms with Crippen molar-refractivity contribution in [3.8, 4) is 0 Å². The van der Waals surface area contributed by atoms with Crippen molar-refractivity contribution in [2.24, 2.45) is 5.41 Å². The smallest absolute Gasteiger partial charge is 0.220 e. The number of nitrogens with one attached hydrogen (secondary N) is 1. The predicted molar refractivity (Wildman–Crippen MR) is 65.1 cm³/mol. The zero-order valence-corrected chi connectivity index (χ0v) is 10.4. The van der Waals surface area contributed by atoms with Gasteiger partial charge < -0.3 is 10.4 Å². The van der Waals surface area contributed by atoms with Gasteiger partial charge in [-0.05, 0) is 31.1 Å². The minimum atomic E-state index is 0.181. The van der Waals surface area contributed by atoms with Gasteiger partial charge in [-0.2, -0.15) is 0 Å². The van der Waals surface area contributed by atoms with Crippen LogP contribution < -0.4 is 5.32 Å². The number of aliphatic hydroxyl groups excluding tert-OH is 1. The molecule has 0 unspecified atom stereocenters. The lowest BCUT2D eigenvalue weighted by Gasteiger charge is -2.14. The molecule has 1 rings (SSSR count). The molecule has 16 heavy (non-hydrogen) atoms. The van der Waals surface area contributed by atoms with Crippen molar-refractivity contribution >= 4 is 5.91 Å². The Morgan fingerprint density at radius 2 is 2.06 bits per heavy atom. The van der Waals surface area contributed by atoms with Gasteiger partial charge in [0, 0.05) is 19.6 Å². The van der Waals surface area contributed by atoms with Crippen molar-refractivity contribution in [1.29, 1.82) is 0 Å². The van der Waals surface area contributed by atoms with Crippen LogP contribution in [0.3, 0.4) is 0 Å². The van der Waals surface area contributed by atoms with Crippen molar-refractivity contribution in [3.05, 3.63) is 0 Å². The van der Waals surface area contributed by atoms with Crippen LogP contribution in [0.1, 0.15) is 58.3 Å². The number of amides is 1. The van der Waals surface area contributed by atoms with Gasteiger partial charge in [-0.15, -0.1) is 0 Å². The molecule has 1 aliphatic rings. The molecule has 0 bridgehead atoms. The van der Waals surface area contributed by atoms with E-state index < -0.39 is 0 Å². The second kappa shape index (κ2) is 6.89. The second-order valence-corrected chi connectivity index (χ2v) is 5.06. The van der Waals surface area contributed by atoms with Gasteiger partial charge in [0.25, 0.3) is 0 Å². The van der Waals surface area contributed by atoms with Gasteiger partial charge in [-0.25, -0.2) is 0 Å². The van der Waals surface area contributed by atoms with Crippen LogP contribution in [-0.4, -0.2) is 24.2 Å². The summed E-state index contributed by atoms with van der Waals surface area (Å²) in [5.74, 6) is 0.181. The molecule has 0 saturated heterocycles. The molecular formula is C13H25NO2. The van der Waals surface area contributed by atoms with Crippen LogP contribution in [0, 0.1) is 5.41 Å². The van der Waals surface area contributed by atoms with E-state index in [1.54, 1.807) is 0 Å². The van der Waals surface area contributed by atoms with Crippen LogP contribution in [0.5, 0.6) is 0 Å². The first kappa shape index (κ1) is 13.5. The van der Waals surface area contributed by atoms with E-state index in [1.165, 1.54) is 12.8 Å². The molecule has 1 fully saturated rings. The van der Waals surface area contributed by atoms with Crippen LogP contribution in [-0.2, 0) is 4.79 Å². The average Bonchev–Trinajstić information content (AvgIpc) is 3.03. The van der Waals surface area contributed by atoms with Gasteiger partial charge in [-0.1, -0.05) is 26.2 Å². The molecule has 94 valence electrons. The average molecular weight is 227 g/mol. The Labute approximate surface area is 98.6 Å². The van der Waals surface area contributed by atoms with Crippen LogP contribution in [0.15, 0.2) is 0 Å². The van der Waals surface area contributed by atoms with Crippen LogP contribution in [0.2, 0.25) is 0 Å². The third-order valence-corrected chi connectivity index (χ3v) is 3.52. The van der Waals surface area contributed by atoms with Crippen LogP contribution in [0.4, 0.5) is 0 Å². The number of hydrogen-bond acceptors (Lipinski definition) is 2. The maximum atomic E-state index is 11.5. The highest BCUT2D eigenvalue weighted by Gasteiger charge is 2.41. The van der Waals surface area contributed by atoms with Crippen molar-refractivity contribution in [2.45, 2.75) is 58.3 Å². The zero-order valence-electron chi connectivity index (χ0n) is 10.4. The highest BCUT2D eigenvalue weighted by atomic mass is 16.3. The molecule has 3 heteroatoms. The summed E-state index contributed by atoms with van der Waals surface area (Å²) in [7, 11) is 0. The van der Waals surface area contributed by atoms with Crippen LogP contribution >= 0.6 is 0 Å². The molecule has 1 aliphatic carbocycles. The molecule has 2 N–H and O–H groups in total. The quantitative estimate of drug-likeness (QED) is 0.593. The van der Waals surface area contributed by atoms with E-state index in [9.17, 15) is 4.79 Å². The third kappa shape index (κ3) is 4.97. The number of hydrogen-bond donors (Lipinski definition) is 2. The number of carbonyl (C=O) groups excluding carboxylic acids is 1. The van der Waals surface area contributed by atoms with Crippen molar-refractivity contribution in [1.82, 2.24) is 5.32 Å². The minimum absolute atomic E-state index is 0.181. The zero-order chi connectivity index (χ0) is 11.9. The summed E-state index contributed by atoms with van der Waals surface area (Å²) in [6.45, 7) is 3.18. The van der Waals surface area contributed by atoms with Gasteiger partial charge in [0.1, 0.15) is 0 Å². The lowest BCUT2D eigenvalue weighted by atomic mass is 10.0. The Hall–Kier alpha value is -0.570. The number of carbonyl (C=O) groups is 1. The SMILES string of the molecule is CCCCCCC(=O)NCC1(CCO)CC1. The van der Waals surface area contributed by atoms with Gasteiger partial charge >= 0.3 is 0 Å². The number of rotatable bonds is 9. The van der Waals surface area contributed by atoms with Crippen molar-refractivity contribution in [3.63, 3.8) is 0 Å². The van der Waals surface area contributed by atoms with Crippen molar-refractivity contribution < 1.29 is 9.90 Å². The van der Waals surface area contributed by atoms with Gasteiger partial charge in [0.15, 0.2) is 0 Å². The first-order chi connectivity index (χ1) is 7.72. The summed E-state index contributed by atoms with van der Waals surface area (Å²) in [5.41, 5.74) is 0.244.